The summed E-state index contributed by atoms with van der Waals surface area (Å²) in [7, 11) is 0. The largest absolute Gasteiger partial charge is 0.396 e. The highest BCUT2D eigenvalue weighted by Gasteiger charge is 2.10. The predicted octanol–water partition coefficient (Wildman–Crippen LogP) is -0.825. The van der Waals surface area contributed by atoms with Gasteiger partial charge in [-0.3, -0.25) is 4.79 Å². The van der Waals surface area contributed by atoms with Crippen LogP contribution in [0.4, 0.5) is 0 Å². The molecule has 0 aliphatic carbocycles. The number of aliphatic hydroxyl groups is 1. The van der Waals surface area contributed by atoms with Gasteiger partial charge in [0.05, 0.1) is 6.04 Å². The van der Waals surface area contributed by atoms with Crippen molar-refractivity contribution < 1.29 is 9.90 Å². The van der Waals surface area contributed by atoms with Gasteiger partial charge < -0.3 is 16.2 Å². The van der Waals surface area contributed by atoms with E-state index in [4.69, 9.17) is 10.8 Å². The van der Waals surface area contributed by atoms with Crippen molar-refractivity contribution in [2.24, 2.45) is 5.73 Å². The lowest BCUT2D eigenvalue weighted by Crippen LogP contribution is -2.42. The Hall–Kier alpha value is -0.260. The van der Waals surface area contributed by atoms with Gasteiger partial charge in [0.2, 0.25) is 5.91 Å². The van der Waals surface area contributed by atoms with Crippen molar-refractivity contribution in [3.63, 3.8) is 0 Å². The van der Waals surface area contributed by atoms with Crippen molar-refractivity contribution in [2.75, 3.05) is 25.2 Å². The average Bonchev–Trinajstić information content (AvgIpc) is 2.05. The summed E-state index contributed by atoms with van der Waals surface area (Å²) >= 11 is 1.54. The van der Waals surface area contributed by atoms with Crippen molar-refractivity contribution in [1.82, 2.24) is 5.32 Å². The highest BCUT2D eigenvalue weighted by Crippen LogP contribution is 1.94. The van der Waals surface area contributed by atoms with E-state index in [1.54, 1.807) is 11.8 Å². The van der Waals surface area contributed by atoms with Crippen molar-refractivity contribution in [2.45, 2.75) is 12.5 Å². The molecule has 0 saturated carbocycles. The van der Waals surface area contributed by atoms with E-state index >= 15 is 0 Å². The third kappa shape index (κ3) is 5.40. The van der Waals surface area contributed by atoms with Gasteiger partial charge in [0, 0.05) is 18.9 Å². The molecule has 4 nitrogen and oxygen atoms in total. The zero-order valence-corrected chi connectivity index (χ0v) is 8.06. The topological polar surface area (TPSA) is 75.4 Å². The molecule has 0 aliphatic heterocycles. The van der Waals surface area contributed by atoms with Gasteiger partial charge in [0.15, 0.2) is 0 Å². The van der Waals surface area contributed by atoms with Crippen LogP contribution in [0.3, 0.4) is 0 Å². The molecular formula is C7H16N2O2S. The number of amides is 1. The van der Waals surface area contributed by atoms with Crippen molar-refractivity contribution in [1.29, 1.82) is 0 Å². The second kappa shape index (κ2) is 7.39. The summed E-state index contributed by atoms with van der Waals surface area (Å²) in [6.07, 6.45) is 2.48. The quantitative estimate of drug-likeness (QED) is 0.480. The molecule has 0 radical (unpaired) electrons. The van der Waals surface area contributed by atoms with Crippen LogP contribution in [-0.2, 0) is 4.79 Å². The summed E-state index contributed by atoms with van der Waals surface area (Å²) in [6, 6.07) is -0.432. The molecule has 0 aliphatic rings. The fraction of sp³-hybridized carbons (Fsp3) is 0.857. The molecule has 0 spiro atoms. The molecule has 5 heteroatoms. The lowest BCUT2D eigenvalue weighted by Gasteiger charge is -2.09. The lowest BCUT2D eigenvalue weighted by atomic mass is 10.3. The fourth-order valence-corrected chi connectivity index (χ4v) is 1.19. The molecule has 1 atom stereocenters. The number of hydrogen-bond donors (Lipinski definition) is 3. The smallest absolute Gasteiger partial charge is 0.237 e. The van der Waals surface area contributed by atoms with Gasteiger partial charge in [-0.2, -0.15) is 11.8 Å². The maximum absolute atomic E-state index is 11.1. The highest BCUT2D eigenvalue weighted by molar-refractivity contribution is 7.98. The number of nitrogens with one attached hydrogen (secondary N) is 1. The molecule has 12 heavy (non-hydrogen) atoms. The molecule has 72 valence electrons. The van der Waals surface area contributed by atoms with Gasteiger partial charge in [-0.1, -0.05) is 0 Å². The number of rotatable bonds is 6. The molecule has 0 bridgehead atoms. The fourth-order valence-electron chi connectivity index (χ4n) is 0.677. The first-order valence-corrected chi connectivity index (χ1v) is 5.24. The second-order valence-corrected chi connectivity index (χ2v) is 3.34. The van der Waals surface area contributed by atoms with Gasteiger partial charge in [0.1, 0.15) is 0 Å². The Morgan fingerprint density at radius 2 is 2.42 bits per heavy atom. The van der Waals surface area contributed by atoms with E-state index < -0.39 is 6.04 Å². The van der Waals surface area contributed by atoms with E-state index in [1.807, 2.05) is 6.26 Å². The summed E-state index contributed by atoms with van der Waals surface area (Å²) in [5.74, 6) is 0.489. The van der Waals surface area contributed by atoms with Crippen LogP contribution in [0, 0.1) is 0 Å². The normalized spacial score (nSPS) is 12.6. The Kier molecular flexibility index (Phi) is 7.23. The zero-order chi connectivity index (χ0) is 9.40. The molecule has 0 aromatic carbocycles. The second-order valence-electron chi connectivity index (χ2n) is 2.43. The lowest BCUT2D eigenvalue weighted by molar-refractivity contribution is -0.121. The Balaban J connectivity index is 3.43. The Labute approximate surface area is 76.9 Å². The number of thioether (sulfide) groups is 1. The van der Waals surface area contributed by atoms with Crippen LogP contribution in [0.5, 0.6) is 0 Å². The van der Waals surface area contributed by atoms with Crippen LogP contribution >= 0.6 is 11.8 Å². The van der Waals surface area contributed by atoms with E-state index in [1.165, 1.54) is 0 Å². The van der Waals surface area contributed by atoms with Gasteiger partial charge in [-0.15, -0.1) is 0 Å². The third-order valence-electron chi connectivity index (χ3n) is 1.32. The van der Waals surface area contributed by atoms with Crippen LogP contribution in [0.15, 0.2) is 0 Å². The SMILES string of the molecule is CSCC(N)C(=O)NCCCO. The monoisotopic (exact) mass is 192 g/mol. The molecule has 0 heterocycles. The molecule has 0 aromatic rings. The summed E-state index contributed by atoms with van der Waals surface area (Å²) in [6.45, 7) is 0.593. The van der Waals surface area contributed by atoms with Crippen LogP contribution in [-0.4, -0.2) is 42.2 Å². The maximum Gasteiger partial charge on any atom is 0.237 e. The van der Waals surface area contributed by atoms with Crippen LogP contribution in [0.1, 0.15) is 6.42 Å². The van der Waals surface area contributed by atoms with E-state index in [2.05, 4.69) is 5.32 Å². The average molecular weight is 192 g/mol. The first kappa shape index (κ1) is 11.7. The van der Waals surface area contributed by atoms with Crippen molar-refractivity contribution in [3.05, 3.63) is 0 Å². The summed E-state index contributed by atoms with van der Waals surface area (Å²) < 4.78 is 0. The van der Waals surface area contributed by atoms with Crippen LogP contribution in [0.2, 0.25) is 0 Å². The van der Waals surface area contributed by atoms with Crippen LogP contribution in [0.25, 0.3) is 0 Å². The molecule has 0 saturated heterocycles. The molecule has 1 unspecified atom stereocenters. The maximum atomic E-state index is 11.1. The Morgan fingerprint density at radius 3 is 2.92 bits per heavy atom. The molecule has 0 fully saturated rings. The molecule has 0 rings (SSSR count). The summed E-state index contributed by atoms with van der Waals surface area (Å²) in [5, 5.41) is 11.1. The van der Waals surface area contributed by atoms with Gasteiger partial charge in [0.25, 0.3) is 0 Å². The summed E-state index contributed by atoms with van der Waals surface area (Å²) in [4.78, 5) is 11.1. The minimum Gasteiger partial charge on any atom is -0.396 e. The first-order valence-electron chi connectivity index (χ1n) is 3.85. The van der Waals surface area contributed by atoms with Crippen LogP contribution < -0.4 is 11.1 Å². The van der Waals surface area contributed by atoms with E-state index in [-0.39, 0.29) is 12.5 Å². The number of hydrogen-bond acceptors (Lipinski definition) is 4. The molecule has 1 amide bonds. The number of aliphatic hydroxyl groups excluding tert-OH is 1. The van der Waals surface area contributed by atoms with E-state index in [0.29, 0.717) is 18.7 Å². The molecule has 4 N–H and O–H groups in total. The van der Waals surface area contributed by atoms with E-state index in [9.17, 15) is 4.79 Å². The van der Waals surface area contributed by atoms with Gasteiger partial charge in [-0.05, 0) is 12.7 Å². The highest BCUT2D eigenvalue weighted by atomic mass is 32.2. The molecule has 0 aromatic heterocycles. The Morgan fingerprint density at radius 1 is 1.75 bits per heavy atom. The Bertz CT molecular complexity index is 133. The van der Waals surface area contributed by atoms with Crippen molar-refractivity contribution in [3.8, 4) is 0 Å². The zero-order valence-electron chi connectivity index (χ0n) is 7.25. The van der Waals surface area contributed by atoms with Crippen molar-refractivity contribution >= 4 is 17.7 Å². The summed E-state index contributed by atoms with van der Waals surface area (Å²) in [5.41, 5.74) is 5.51. The standard InChI is InChI=1S/C7H16N2O2S/c1-12-5-6(8)7(11)9-3-2-4-10/h6,10H,2-5,8H2,1H3,(H,9,11). The predicted molar refractivity (Wildman–Crippen MR) is 51.1 cm³/mol. The minimum atomic E-state index is -0.432. The van der Waals surface area contributed by atoms with E-state index in [0.717, 1.165) is 0 Å². The number of nitrogens with two attached hydrogens (primary N) is 1. The minimum absolute atomic E-state index is 0.0953. The molecular weight excluding hydrogens is 176 g/mol. The third-order valence-corrected chi connectivity index (χ3v) is 2.01. The first-order chi connectivity index (χ1) is 5.72. The number of carbonyl (C=O) groups excluding carboxylic acids is 1. The number of carbonyl (C=O) groups is 1. The van der Waals surface area contributed by atoms with Gasteiger partial charge in [-0.25, -0.2) is 0 Å². The van der Waals surface area contributed by atoms with Gasteiger partial charge >= 0.3 is 0 Å².